The summed E-state index contributed by atoms with van der Waals surface area (Å²) in [7, 11) is 0. The molecule has 3 saturated heterocycles. The van der Waals surface area contributed by atoms with Crippen LogP contribution < -0.4 is 20.7 Å². The van der Waals surface area contributed by atoms with Gasteiger partial charge in [0.1, 0.15) is 41.0 Å². The van der Waals surface area contributed by atoms with Crippen LogP contribution in [0.15, 0.2) is 30.4 Å². The van der Waals surface area contributed by atoms with Crippen molar-refractivity contribution in [2.24, 2.45) is 0 Å². The fraction of sp³-hybridized carbons (Fsp3) is 0.424. The first-order valence-corrected chi connectivity index (χ1v) is 16.8. The Morgan fingerprint density at radius 2 is 2.10 bits per heavy atom. The highest BCUT2D eigenvalue weighted by atomic mass is 35.5. The molecule has 7 rings (SSSR count). The first-order chi connectivity index (χ1) is 23.0. The molecular weight excluding hydrogens is 673 g/mol. The number of fused-ring (bicyclic) bond motifs is 3. The van der Waals surface area contributed by atoms with Crippen molar-refractivity contribution in [3.8, 4) is 23.2 Å². The molecule has 3 aliphatic heterocycles. The van der Waals surface area contributed by atoms with Gasteiger partial charge < -0.3 is 20.7 Å². The lowest BCUT2D eigenvalue weighted by atomic mass is 9.92. The predicted octanol–water partition coefficient (Wildman–Crippen LogP) is 7.19. The zero-order valence-corrected chi connectivity index (χ0v) is 27.4. The van der Waals surface area contributed by atoms with Gasteiger partial charge in [0, 0.05) is 55.0 Å². The second-order valence-corrected chi connectivity index (χ2v) is 14.1. The molecule has 2 aromatic carbocycles. The van der Waals surface area contributed by atoms with E-state index < -0.39 is 35.0 Å². The van der Waals surface area contributed by atoms with Crippen LogP contribution in [-0.2, 0) is 0 Å². The van der Waals surface area contributed by atoms with Gasteiger partial charge in [0.05, 0.1) is 26.4 Å². The normalized spacial score (nSPS) is 24.3. The van der Waals surface area contributed by atoms with E-state index in [-0.39, 0.29) is 72.7 Å². The predicted molar refractivity (Wildman–Crippen MR) is 176 cm³/mol. The maximum absolute atomic E-state index is 17.0. The standard InChI is InChI=1S/C33H31ClF5N7OS/c1-2-32(12-23(37)38)15-45(9-7-42-32)30-19-10-21(34)25(18-4-5-22(36)28-24(18)20(13-40)29(41)48-28)26(39)27(19)43-31(44-30)47-16-33-6-3-8-46(33)14-17(35)11-33/h4-5,10,12,17,42H,2-3,6-9,11,14-16,41H2,1H3/t17-,32+,33?/m1/s1. The van der Waals surface area contributed by atoms with Crippen molar-refractivity contribution < 1.29 is 26.7 Å². The number of aromatic nitrogens is 2. The number of hydrogen-bond acceptors (Lipinski definition) is 9. The number of anilines is 2. The van der Waals surface area contributed by atoms with Crippen LogP contribution in [0.3, 0.4) is 0 Å². The molecule has 0 amide bonds. The molecule has 3 fully saturated rings. The Morgan fingerprint density at radius 3 is 2.85 bits per heavy atom. The third-order valence-electron chi connectivity index (χ3n) is 9.92. The van der Waals surface area contributed by atoms with Crippen LogP contribution in [-0.4, -0.2) is 71.4 Å². The Balaban J connectivity index is 1.40. The molecule has 5 heterocycles. The van der Waals surface area contributed by atoms with Crippen molar-refractivity contribution in [1.82, 2.24) is 20.2 Å². The number of rotatable bonds is 7. The lowest BCUT2D eigenvalue weighted by molar-refractivity contribution is 0.107. The number of halogens is 6. The van der Waals surface area contributed by atoms with Gasteiger partial charge in [0.2, 0.25) is 0 Å². The van der Waals surface area contributed by atoms with Crippen LogP contribution in [0.5, 0.6) is 6.01 Å². The maximum atomic E-state index is 17.0. The first-order valence-electron chi connectivity index (χ1n) is 15.6. The van der Waals surface area contributed by atoms with Gasteiger partial charge in [0.25, 0.3) is 6.08 Å². The van der Waals surface area contributed by atoms with Gasteiger partial charge >= 0.3 is 6.01 Å². The third kappa shape index (κ3) is 5.41. The number of nitrogens with zero attached hydrogens (tertiary/aromatic N) is 5. The number of alkyl halides is 1. The quantitative estimate of drug-likeness (QED) is 0.195. The van der Waals surface area contributed by atoms with Gasteiger partial charge in [-0.05, 0) is 43.5 Å². The van der Waals surface area contributed by atoms with Gasteiger partial charge in [-0.2, -0.15) is 24.0 Å². The molecule has 2 aromatic heterocycles. The van der Waals surface area contributed by atoms with Crippen LogP contribution >= 0.6 is 22.9 Å². The number of nitrogens with two attached hydrogens (primary N) is 1. The Labute approximate surface area is 281 Å². The zero-order valence-electron chi connectivity index (χ0n) is 25.9. The smallest absolute Gasteiger partial charge is 0.319 e. The second kappa shape index (κ2) is 12.3. The highest BCUT2D eigenvalue weighted by Crippen LogP contribution is 2.46. The number of piperazine rings is 1. The van der Waals surface area contributed by atoms with E-state index in [4.69, 9.17) is 22.1 Å². The minimum Gasteiger partial charge on any atom is -0.461 e. The summed E-state index contributed by atoms with van der Waals surface area (Å²) in [5, 5.41) is 13.4. The number of hydrogen-bond donors (Lipinski definition) is 2. The van der Waals surface area contributed by atoms with Crippen molar-refractivity contribution in [3.05, 3.63) is 52.6 Å². The van der Waals surface area contributed by atoms with Crippen LogP contribution in [0.1, 0.15) is 38.2 Å². The molecule has 0 spiro atoms. The van der Waals surface area contributed by atoms with Gasteiger partial charge in [-0.15, -0.1) is 11.3 Å². The molecule has 1 unspecified atom stereocenters. The number of thiophene rings is 1. The van der Waals surface area contributed by atoms with E-state index in [1.54, 1.807) is 11.8 Å². The number of nitrogen functional groups attached to an aromatic ring is 1. The van der Waals surface area contributed by atoms with Crippen molar-refractivity contribution in [2.75, 3.05) is 50.0 Å². The lowest BCUT2D eigenvalue weighted by Crippen LogP contribution is -2.59. The summed E-state index contributed by atoms with van der Waals surface area (Å²) in [6.45, 7) is 3.66. The Bertz CT molecular complexity index is 2020. The first kappa shape index (κ1) is 32.8. The molecule has 252 valence electrons. The van der Waals surface area contributed by atoms with Crippen LogP contribution in [0.2, 0.25) is 5.02 Å². The van der Waals surface area contributed by atoms with E-state index >= 15 is 4.39 Å². The minimum atomic E-state index is -1.83. The fourth-order valence-electron chi connectivity index (χ4n) is 7.61. The molecule has 3 atom stereocenters. The third-order valence-corrected chi connectivity index (χ3v) is 11.2. The Kier molecular flexibility index (Phi) is 8.38. The monoisotopic (exact) mass is 703 g/mol. The average molecular weight is 704 g/mol. The SMILES string of the molecule is CC[C@]1(C=C(F)F)CN(c2nc(OCC34CCCN3C[C@H](F)C4)nc3c(F)c(-c4ccc(F)c5sc(N)c(C#N)c45)c(Cl)cc23)CCN1. The van der Waals surface area contributed by atoms with Gasteiger partial charge in [-0.25, -0.2) is 13.2 Å². The number of benzene rings is 2. The summed E-state index contributed by atoms with van der Waals surface area (Å²) in [5.74, 6) is -1.26. The largest absolute Gasteiger partial charge is 0.461 e. The number of ether oxygens (including phenoxy) is 1. The van der Waals surface area contributed by atoms with E-state index in [2.05, 4.69) is 20.2 Å². The number of nitrogens with one attached hydrogen (secondary N) is 1. The van der Waals surface area contributed by atoms with Crippen LogP contribution in [0, 0.1) is 23.0 Å². The average Bonchev–Trinajstić information content (AvgIpc) is 3.70. The molecule has 8 nitrogen and oxygen atoms in total. The fourth-order valence-corrected chi connectivity index (χ4v) is 8.85. The Morgan fingerprint density at radius 1 is 1.29 bits per heavy atom. The highest BCUT2D eigenvalue weighted by molar-refractivity contribution is 7.23. The van der Waals surface area contributed by atoms with E-state index in [0.717, 1.165) is 42.9 Å². The minimum absolute atomic E-state index is 0.000407. The summed E-state index contributed by atoms with van der Waals surface area (Å²) in [6.07, 6.45) is 0.302. The van der Waals surface area contributed by atoms with Gasteiger partial charge in [0.15, 0.2) is 5.82 Å². The molecule has 3 N–H and O–H groups in total. The summed E-state index contributed by atoms with van der Waals surface area (Å²) in [5.41, 5.74) is 4.27. The summed E-state index contributed by atoms with van der Waals surface area (Å²) in [4.78, 5) is 13.0. The topological polar surface area (TPSA) is 103 Å². The van der Waals surface area contributed by atoms with Crippen molar-refractivity contribution >= 4 is 54.7 Å². The molecule has 4 aromatic rings. The van der Waals surface area contributed by atoms with Gasteiger partial charge in [-0.1, -0.05) is 24.6 Å². The van der Waals surface area contributed by atoms with Crippen LogP contribution in [0.25, 0.3) is 32.1 Å². The van der Waals surface area contributed by atoms with Crippen LogP contribution in [0.4, 0.5) is 32.8 Å². The van der Waals surface area contributed by atoms with E-state index in [9.17, 15) is 22.8 Å². The molecule has 0 bridgehead atoms. The molecule has 0 saturated carbocycles. The van der Waals surface area contributed by atoms with E-state index in [1.807, 2.05) is 6.07 Å². The lowest BCUT2D eigenvalue weighted by Gasteiger charge is -2.42. The Hall–Kier alpha value is -3.77. The number of nitriles is 1. The molecule has 0 radical (unpaired) electrons. The molecular formula is C33H31ClF5N7OS. The summed E-state index contributed by atoms with van der Waals surface area (Å²) < 4.78 is 79.8. The summed E-state index contributed by atoms with van der Waals surface area (Å²) >= 11 is 7.67. The summed E-state index contributed by atoms with van der Waals surface area (Å²) in [6, 6.07) is 5.80. The van der Waals surface area contributed by atoms with E-state index in [1.165, 1.54) is 12.1 Å². The van der Waals surface area contributed by atoms with Crippen molar-refractivity contribution in [1.29, 1.82) is 5.26 Å². The zero-order chi connectivity index (χ0) is 34.0. The molecule has 3 aliphatic rings. The van der Waals surface area contributed by atoms with E-state index in [0.29, 0.717) is 32.5 Å². The second-order valence-electron chi connectivity index (χ2n) is 12.7. The maximum Gasteiger partial charge on any atom is 0.319 e. The molecule has 15 heteroatoms. The molecule has 48 heavy (non-hydrogen) atoms. The molecule has 0 aliphatic carbocycles. The van der Waals surface area contributed by atoms with Gasteiger partial charge in [-0.3, -0.25) is 4.90 Å². The van der Waals surface area contributed by atoms with Crippen molar-refractivity contribution in [3.63, 3.8) is 0 Å². The van der Waals surface area contributed by atoms with Crippen molar-refractivity contribution in [2.45, 2.75) is 49.9 Å². The highest BCUT2D eigenvalue weighted by Gasteiger charge is 2.49.